The van der Waals surface area contributed by atoms with E-state index in [-0.39, 0.29) is 0 Å². The molecular formula is C11H22N4O2S. The van der Waals surface area contributed by atoms with Gasteiger partial charge in [-0.05, 0) is 26.8 Å². The number of aryl methyl sites for hydroxylation is 1. The van der Waals surface area contributed by atoms with Crippen LogP contribution in [0.5, 0.6) is 0 Å². The molecule has 6 nitrogen and oxygen atoms in total. The first-order valence-electron chi connectivity index (χ1n) is 6.25. The zero-order valence-electron chi connectivity index (χ0n) is 11.2. The third-order valence-corrected chi connectivity index (χ3v) is 4.32. The number of hydrogen-bond acceptors (Lipinski definition) is 4. The Morgan fingerprint density at radius 2 is 2.17 bits per heavy atom. The van der Waals surface area contributed by atoms with Crippen molar-refractivity contribution in [1.82, 2.24) is 15.1 Å². The monoisotopic (exact) mass is 274 g/mol. The van der Waals surface area contributed by atoms with Crippen molar-refractivity contribution in [3.8, 4) is 0 Å². The van der Waals surface area contributed by atoms with Gasteiger partial charge in [0.15, 0.2) is 5.82 Å². The van der Waals surface area contributed by atoms with E-state index in [1.165, 1.54) is 0 Å². The van der Waals surface area contributed by atoms with Gasteiger partial charge in [0, 0.05) is 25.4 Å². The van der Waals surface area contributed by atoms with Crippen molar-refractivity contribution < 1.29 is 8.42 Å². The summed E-state index contributed by atoms with van der Waals surface area (Å²) in [4.78, 5) is 0. The number of hydrogen-bond donors (Lipinski definition) is 2. The number of anilines is 1. The average molecular weight is 274 g/mol. The van der Waals surface area contributed by atoms with Crippen LogP contribution in [0.1, 0.15) is 27.2 Å². The molecule has 0 amide bonds. The molecule has 0 aliphatic heterocycles. The van der Waals surface area contributed by atoms with E-state index >= 15 is 0 Å². The summed E-state index contributed by atoms with van der Waals surface area (Å²) < 4.78 is 28.2. The molecule has 2 N–H and O–H groups in total. The van der Waals surface area contributed by atoms with Gasteiger partial charge in [-0.25, -0.2) is 8.42 Å². The molecule has 0 aliphatic carbocycles. The lowest BCUT2D eigenvalue weighted by Gasteiger charge is -2.13. The number of nitrogens with one attached hydrogen (secondary N) is 2. The van der Waals surface area contributed by atoms with Crippen molar-refractivity contribution in [3.05, 3.63) is 12.3 Å². The van der Waals surface area contributed by atoms with Crippen molar-refractivity contribution in [3.63, 3.8) is 0 Å². The lowest BCUT2D eigenvalue weighted by molar-refractivity contribution is 0.575. The zero-order valence-corrected chi connectivity index (χ0v) is 12.0. The highest BCUT2D eigenvalue weighted by Crippen LogP contribution is 2.08. The zero-order chi connectivity index (χ0) is 13.6. The van der Waals surface area contributed by atoms with Crippen molar-refractivity contribution in [2.45, 2.75) is 39.0 Å². The summed E-state index contributed by atoms with van der Waals surface area (Å²) >= 11 is 0. The van der Waals surface area contributed by atoms with Gasteiger partial charge in [0.25, 0.3) is 0 Å². The summed E-state index contributed by atoms with van der Waals surface area (Å²) in [6.07, 6.45) is 2.74. The first kappa shape index (κ1) is 15.0. The van der Waals surface area contributed by atoms with E-state index in [2.05, 4.69) is 15.1 Å². The predicted octanol–water partition coefficient (Wildman–Crippen LogP) is 1.03. The molecule has 0 fully saturated rings. The Morgan fingerprint density at radius 3 is 2.72 bits per heavy atom. The van der Waals surface area contributed by atoms with E-state index in [0.29, 0.717) is 12.4 Å². The smallest absolute Gasteiger partial charge is 0.237 e. The molecule has 18 heavy (non-hydrogen) atoms. The van der Waals surface area contributed by atoms with Gasteiger partial charge in [-0.15, -0.1) is 0 Å². The van der Waals surface area contributed by atoms with Gasteiger partial charge in [0.1, 0.15) is 0 Å². The maximum atomic E-state index is 12.0. The maximum absolute atomic E-state index is 12.0. The first-order valence-corrected chi connectivity index (χ1v) is 7.80. The summed E-state index contributed by atoms with van der Waals surface area (Å²) in [5, 5.41) is 6.71. The van der Waals surface area contributed by atoms with Gasteiger partial charge < -0.3 is 5.32 Å². The van der Waals surface area contributed by atoms with Gasteiger partial charge in [0.2, 0.25) is 10.0 Å². The van der Waals surface area contributed by atoms with E-state index < -0.39 is 15.3 Å². The third kappa shape index (κ3) is 4.30. The standard InChI is InChI=1S/C11H22N4O2S/c1-4-7-12-9-10(3)18(16,17)14-11-6-8-15(5-2)13-11/h6,8,10,12H,4-5,7,9H2,1-3H3,(H,13,14). The van der Waals surface area contributed by atoms with Gasteiger partial charge in [0.05, 0.1) is 5.25 Å². The van der Waals surface area contributed by atoms with E-state index in [9.17, 15) is 8.42 Å². The summed E-state index contributed by atoms with van der Waals surface area (Å²) in [6.45, 7) is 7.66. The van der Waals surface area contributed by atoms with Crippen molar-refractivity contribution in [1.29, 1.82) is 0 Å². The normalized spacial score (nSPS) is 13.5. The fourth-order valence-corrected chi connectivity index (χ4v) is 2.37. The molecule has 0 radical (unpaired) electrons. The molecule has 0 spiro atoms. The Labute approximate surface area is 109 Å². The van der Waals surface area contributed by atoms with Crippen LogP contribution < -0.4 is 10.0 Å². The summed E-state index contributed by atoms with van der Waals surface area (Å²) in [7, 11) is -3.38. The van der Waals surface area contributed by atoms with Crippen LogP contribution in [0, 0.1) is 0 Å². The van der Waals surface area contributed by atoms with Crippen molar-refractivity contribution in [2.75, 3.05) is 17.8 Å². The molecule has 1 aromatic rings. The molecule has 0 aliphatic rings. The molecule has 7 heteroatoms. The first-order chi connectivity index (χ1) is 8.49. The Morgan fingerprint density at radius 1 is 1.44 bits per heavy atom. The number of nitrogens with zero attached hydrogens (tertiary/aromatic N) is 2. The number of sulfonamides is 1. The fourth-order valence-electron chi connectivity index (χ4n) is 1.43. The van der Waals surface area contributed by atoms with Gasteiger partial charge in [-0.1, -0.05) is 6.92 Å². The maximum Gasteiger partial charge on any atom is 0.237 e. The molecule has 1 heterocycles. The molecule has 1 rings (SSSR count). The second kappa shape index (κ2) is 6.75. The second-order valence-electron chi connectivity index (χ2n) is 4.22. The van der Waals surface area contributed by atoms with Crippen LogP contribution in [0.4, 0.5) is 5.82 Å². The minimum Gasteiger partial charge on any atom is -0.315 e. The van der Waals surface area contributed by atoms with Gasteiger partial charge >= 0.3 is 0 Å². The SMILES string of the molecule is CCCNCC(C)S(=O)(=O)Nc1ccn(CC)n1. The average Bonchev–Trinajstić information content (AvgIpc) is 2.76. The molecule has 1 atom stereocenters. The molecule has 104 valence electrons. The molecule has 0 bridgehead atoms. The van der Waals surface area contributed by atoms with E-state index in [1.807, 2.05) is 13.8 Å². The third-order valence-electron chi connectivity index (χ3n) is 2.60. The highest BCUT2D eigenvalue weighted by molar-refractivity contribution is 7.93. The fraction of sp³-hybridized carbons (Fsp3) is 0.727. The van der Waals surface area contributed by atoms with E-state index in [0.717, 1.165) is 19.5 Å². The minimum atomic E-state index is -3.38. The van der Waals surface area contributed by atoms with Crippen LogP contribution in [0.3, 0.4) is 0 Å². The highest BCUT2D eigenvalue weighted by Gasteiger charge is 2.20. The Kier molecular flexibility index (Phi) is 5.61. The second-order valence-corrected chi connectivity index (χ2v) is 6.32. The van der Waals surface area contributed by atoms with Gasteiger partial charge in [-0.3, -0.25) is 9.40 Å². The van der Waals surface area contributed by atoms with E-state index in [1.54, 1.807) is 23.9 Å². The quantitative estimate of drug-likeness (QED) is 0.694. The lowest BCUT2D eigenvalue weighted by Crippen LogP contribution is -2.35. The van der Waals surface area contributed by atoms with Crippen molar-refractivity contribution >= 4 is 15.8 Å². The van der Waals surface area contributed by atoms with Crippen LogP contribution >= 0.6 is 0 Å². The topological polar surface area (TPSA) is 76.0 Å². The number of rotatable bonds is 8. The summed E-state index contributed by atoms with van der Waals surface area (Å²) in [6, 6.07) is 1.66. The largest absolute Gasteiger partial charge is 0.315 e. The lowest BCUT2D eigenvalue weighted by atomic mass is 10.4. The van der Waals surface area contributed by atoms with Crippen molar-refractivity contribution in [2.24, 2.45) is 0 Å². The van der Waals surface area contributed by atoms with E-state index in [4.69, 9.17) is 0 Å². The van der Waals surface area contributed by atoms with Gasteiger partial charge in [-0.2, -0.15) is 5.10 Å². The molecule has 0 aromatic carbocycles. The predicted molar refractivity (Wildman–Crippen MR) is 73.1 cm³/mol. The minimum absolute atomic E-state index is 0.374. The summed E-state index contributed by atoms with van der Waals surface area (Å²) in [5.74, 6) is 0.374. The molecule has 1 aromatic heterocycles. The Hall–Kier alpha value is -1.08. The molecule has 1 unspecified atom stereocenters. The van der Waals surface area contributed by atoms with Crippen LogP contribution in [0.15, 0.2) is 12.3 Å². The number of aromatic nitrogens is 2. The Balaban J connectivity index is 2.57. The van der Waals surface area contributed by atoms with Crippen LogP contribution in [-0.2, 0) is 16.6 Å². The molecular weight excluding hydrogens is 252 g/mol. The molecule has 0 saturated heterocycles. The molecule has 0 saturated carbocycles. The summed E-state index contributed by atoms with van der Waals surface area (Å²) in [5.41, 5.74) is 0. The van der Waals surface area contributed by atoms with Crippen LogP contribution in [0.2, 0.25) is 0 Å². The highest BCUT2D eigenvalue weighted by atomic mass is 32.2. The Bertz CT molecular complexity index is 455. The van der Waals surface area contributed by atoms with Crippen LogP contribution in [-0.4, -0.2) is 36.5 Å². The van der Waals surface area contributed by atoms with Crippen LogP contribution in [0.25, 0.3) is 0 Å².